The zero-order valence-electron chi connectivity index (χ0n) is 17.7. The lowest BCUT2D eigenvalue weighted by atomic mass is 10.0. The molecule has 2 aromatic rings. The molecule has 0 radical (unpaired) electrons. The number of nitrogens with zero attached hydrogens (tertiary/aromatic N) is 2. The lowest BCUT2D eigenvalue weighted by Crippen LogP contribution is -2.40. The average molecular weight is 396 g/mol. The van der Waals surface area contributed by atoms with Crippen LogP contribution in [0.2, 0.25) is 0 Å². The van der Waals surface area contributed by atoms with Crippen LogP contribution in [-0.4, -0.2) is 41.5 Å². The Kier molecular flexibility index (Phi) is 7.64. The van der Waals surface area contributed by atoms with E-state index in [9.17, 15) is 4.79 Å². The molecule has 0 aliphatic carbocycles. The fraction of sp³-hybridized carbons (Fsp3) is 0.500. The number of rotatable bonds is 9. The van der Waals surface area contributed by atoms with Crippen LogP contribution in [0.4, 0.5) is 0 Å². The number of benzene rings is 1. The van der Waals surface area contributed by atoms with E-state index in [-0.39, 0.29) is 12.0 Å². The van der Waals surface area contributed by atoms with E-state index in [1.165, 1.54) is 18.4 Å². The van der Waals surface area contributed by atoms with Crippen molar-refractivity contribution in [1.82, 2.24) is 15.2 Å². The number of carbonyl (C=O) groups excluding carboxylic acids is 1. The Morgan fingerprint density at radius 2 is 2.14 bits per heavy atom. The van der Waals surface area contributed by atoms with Crippen molar-refractivity contribution in [1.29, 1.82) is 0 Å². The summed E-state index contributed by atoms with van der Waals surface area (Å²) in [5.41, 5.74) is 2.97. The zero-order chi connectivity index (χ0) is 20.6. The molecule has 0 bridgehead atoms. The smallest absolute Gasteiger partial charge is 0.225 e. The van der Waals surface area contributed by atoms with Crippen molar-refractivity contribution >= 4 is 16.8 Å². The highest BCUT2D eigenvalue weighted by Crippen LogP contribution is 2.29. The quantitative estimate of drug-likeness (QED) is 0.681. The second kappa shape index (κ2) is 10.4. The first kappa shape index (κ1) is 21.3. The van der Waals surface area contributed by atoms with Gasteiger partial charge in [0.2, 0.25) is 5.91 Å². The monoisotopic (exact) mass is 395 g/mol. The number of allylic oxidation sites excluding steroid dienone is 1. The number of fused-ring (bicyclic) bond motifs is 1. The molecular weight excluding hydrogens is 362 g/mol. The summed E-state index contributed by atoms with van der Waals surface area (Å²) < 4.78 is 6.44. The first-order valence-electron chi connectivity index (χ1n) is 10.8. The molecule has 1 aromatic carbocycles. The van der Waals surface area contributed by atoms with Gasteiger partial charge in [-0.2, -0.15) is 0 Å². The number of hydrogen-bond acceptors (Lipinski definition) is 4. The first-order chi connectivity index (χ1) is 14.0. The van der Waals surface area contributed by atoms with Crippen molar-refractivity contribution in [2.75, 3.05) is 19.6 Å². The molecule has 29 heavy (non-hydrogen) atoms. The number of unbranched alkanes of at least 4 members (excludes halogenated alkanes) is 1. The highest BCUT2D eigenvalue weighted by Gasteiger charge is 2.22. The van der Waals surface area contributed by atoms with Crippen molar-refractivity contribution in [3.05, 3.63) is 48.3 Å². The number of carbonyl (C=O) groups is 1. The van der Waals surface area contributed by atoms with Crippen LogP contribution in [0.15, 0.2) is 42.7 Å². The van der Waals surface area contributed by atoms with E-state index in [0.717, 1.165) is 55.5 Å². The summed E-state index contributed by atoms with van der Waals surface area (Å²) in [5, 5.41) is 3.92. The van der Waals surface area contributed by atoms with Gasteiger partial charge in [-0.25, -0.2) is 0 Å². The minimum atomic E-state index is 0.0392. The fourth-order valence-electron chi connectivity index (χ4n) is 3.82. The molecule has 5 heteroatoms. The van der Waals surface area contributed by atoms with E-state index in [1.807, 2.05) is 12.3 Å². The predicted octanol–water partition coefficient (Wildman–Crippen LogP) is 4.46. The summed E-state index contributed by atoms with van der Waals surface area (Å²) >= 11 is 0. The molecule has 0 saturated carbocycles. The first-order valence-corrected chi connectivity index (χ1v) is 10.8. The van der Waals surface area contributed by atoms with Gasteiger partial charge in [0, 0.05) is 43.3 Å². The lowest BCUT2D eigenvalue weighted by molar-refractivity contribution is -0.120. The van der Waals surface area contributed by atoms with Gasteiger partial charge >= 0.3 is 0 Å². The van der Waals surface area contributed by atoms with Gasteiger partial charge in [-0.05, 0) is 56.4 Å². The number of ether oxygens (including phenoxy) is 1. The number of hydrogen-bond donors (Lipinski definition) is 1. The van der Waals surface area contributed by atoms with Crippen LogP contribution < -0.4 is 10.1 Å². The van der Waals surface area contributed by atoms with Crippen LogP contribution in [-0.2, 0) is 11.2 Å². The molecule has 156 valence electrons. The molecule has 0 atom stereocenters. The number of nitrogens with one attached hydrogen (secondary N) is 1. The second-order valence-electron chi connectivity index (χ2n) is 8.01. The van der Waals surface area contributed by atoms with Crippen molar-refractivity contribution in [3.8, 4) is 5.75 Å². The van der Waals surface area contributed by atoms with Gasteiger partial charge in [-0.1, -0.05) is 26.0 Å². The van der Waals surface area contributed by atoms with Gasteiger partial charge in [0.05, 0.1) is 0 Å². The van der Waals surface area contributed by atoms with Gasteiger partial charge < -0.3 is 15.0 Å². The van der Waals surface area contributed by atoms with Crippen LogP contribution in [0.1, 0.15) is 51.5 Å². The lowest BCUT2D eigenvalue weighted by Gasteiger charge is -2.32. The molecule has 1 aliphatic heterocycles. The number of piperidine rings is 1. The minimum absolute atomic E-state index is 0.0392. The van der Waals surface area contributed by atoms with Gasteiger partial charge in [0.15, 0.2) is 0 Å². The molecule has 1 N–H and O–H groups in total. The molecule has 1 amide bonds. The summed E-state index contributed by atoms with van der Waals surface area (Å²) in [6, 6.07) is 8.52. The topological polar surface area (TPSA) is 54.5 Å². The molecule has 2 heterocycles. The highest BCUT2D eigenvalue weighted by molar-refractivity contribution is 5.85. The number of pyridine rings is 1. The van der Waals surface area contributed by atoms with E-state index < -0.39 is 0 Å². The molecule has 3 rings (SSSR count). The Bertz CT molecular complexity index is 841. The predicted molar refractivity (Wildman–Crippen MR) is 118 cm³/mol. The molecule has 1 aliphatic rings. The van der Waals surface area contributed by atoms with Crippen LogP contribution in [0, 0.1) is 0 Å². The van der Waals surface area contributed by atoms with Crippen LogP contribution in [0.5, 0.6) is 5.75 Å². The SMILES string of the molecule is C=C(C)NC(=O)CCN1CCC(Oc2cc(CCCC)cc3cccnc23)CC1. The van der Waals surface area contributed by atoms with E-state index in [1.54, 1.807) is 6.92 Å². The van der Waals surface area contributed by atoms with Gasteiger partial charge in [-0.3, -0.25) is 9.78 Å². The van der Waals surface area contributed by atoms with Gasteiger partial charge in [0.25, 0.3) is 0 Å². The molecule has 1 saturated heterocycles. The molecule has 5 nitrogen and oxygen atoms in total. The van der Waals surface area contributed by atoms with Crippen molar-refractivity contribution in [2.45, 2.75) is 58.5 Å². The number of aromatic nitrogens is 1. The molecule has 1 aromatic heterocycles. The summed E-state index contributed by atoms with van der Waals surface area (Å²) in [7, 11) is 0. The number of amides is 1. The van der Waals surface area contributed by atoms with E-state index in [4.69, 9.17) is 4.74 Å². The largest absolute Gasteiger partial charge is 0.488 e. The number of likely N-dealkylation sites (tertiary alicyclic amines) is 1. The minimum Gasteiger partial charge on any atom is -0.488 e. The zero-order valence-corrected chi connectivity index (χ0v) is 17.7. The molecule has 1 fully saturated rings. The molecule has 0 unspecified atom stereocenters. The van der Waals surface area contributed by atoms with Crippen molar-refractivity contribution < 1.29 is 9.53 Å². The normalized spacial score (nSPS) is 15.4. The summed E-state index contributed by atoms with van der Waals surface area (Å²) in [5.74, 6) is 0.950. The highest BCUT2D eigenvalue weighted by atomic mass is 16.5. The van der Waals surface area contributed by atoms with Gasteiger partial charge in [0.1, 0.15) is 17.4 Å². The maximum absolute atomic E-state index is 11.8. The average Bonchev–Trinajstić information content (AvgIpc) is 2.71. The Balaban J connectivity index is 1.58. The Morgan fingerprint density at radius 1 is 1.34 bits per heavy atom. The molecular formula is C24H33N3O2. The van der Waals surface area contributed by atoms with E-state index in [2.05, 4.69) is 46.9 Å². The summed E-state index contributed by atoms with van der Waals surface area (Å²) in [4.78, 5) is 18.7. The summed E-state index contributed by atoms with van der Waals surface area (Å²) in [6.45, 7) is 10.4. The second-order valence-corrected chi connectivity index (χ2v) is 8.01. The van der Waals surface area contributed by atoms with Crippen LogP contribution in [0.3, 0.4) is 0 Å². The van der Waals surface area contributed by atoms with Crippen molar-refractivity contribution in [3.63, 3.8) is 0 Å². The summed E-state index contributed by atoms with van der Waals surface area (Å²) in [6.07, 6.45) is 7.91. The van der Waals surface area contributed by atoms with Crippen LogP contribution >= 0.6 is 0 Å². The van der Waals surface area contributed by atoms with Crippen molar-refractivity contribution in [2.24, 2.45) is 0 Å². The maximum Gasteiger partial charge on any atom is 0.225 e. The number of aryl methyl sites for hydroxylation is 1. The fourth-order valence-corrected chi connectivity index (χ4v) is 3.82. The third-order valence-electron chi connectivity index (χ3n) is 5.38. The Morgan fingerprint density at radius 3 is 2.86 bits per heavy atom. The third-order valence-corrected chi connectivity index (χ3v) is 5.38. The van der Waals surface area contributed by atoms with Gasteiger partial charge in [-0.15, -0.1) is 0 Å². The Hall–Kier alpha value is -2.40. The van der Waals surface area contributed by atoms with Crippen LogP contribution in [0.25, 0.3) is 10.9 Å². The standard InChI is InChI=1S/C24H33N3O2/c1-4-5-7-19-16-20-8-6-12-25-24(20)22(17-19)29-21-9-13-27(14-10-21)15-11-23(28)26-18(2)3/h6,8,12,16-17,21H,2,4-5,7,9-11,13-15H2,1,3H3,(H,26,28). The van der Waals surface area contributed by atoms with E-state index in [0.29, 0.717) is 12.1 Å². The van der Waals surface area contributed by atoms with E-state index >= 15 is 0 Å². The molecule has 0 spiro atoms. The Labute approximate surface area is 174 Å². The maximum atomic E-state index is 11.8. The third kappa shape index (κ3) is 6.29.